The Balaban J connectivity index is 1.73. The molecular formula is C22H20ClN3O2. The number of nitrogens with zero attached hydrogens (tertiary/aromatic N) is 1. The van der Waals surface area contributed by atoms with Gasteiger partial charge in [-0.15, -0.1) is 0 Å². The number of hydrogen-bond acceptors (Lipinski definition) is 4. The summed E-state index contributed by atoms with van der Waals surface area (Å²) in [6, 6.07) is 14.3. The van der Waals surface area contributed by atoms with Crippen molar-refractivity contribution in [1.29, 1.82) is 0 Å². The van der Waals surface area contributed by atoms with Crippen molar-refractivity contribution in [3.8, 4) is 0 Å². The van der Waals surface area contributed by atoms with Crippen LogP contribution >= 0.6 is 11.6 Å². The average Bonchev–Trinajstić information content (AvgIpc) is 2.65. The van der Waals surface area contributed by atoms with Gasteiger partial charge in [0, 0.05) is 17.4 Å². The van der Waals surface area contributed by atoms with Crippen molar-refractivity contribution < 1.29 is 9.59 Å². The number of pyridine rings is 1. The molecule has 6 heteroatoms. The molecule has 2 aromatic carbocycles. The Morgan fingerprint density at radius 3 is 2.43 bits per heavy atom. The van der Waals surface area contributed by atoms with Crippen molar-refractivity contribution in [3.05, 3.63) is 82.0 Å². The van der Waals surface area contributed by atoms with E-state index in [0.717, 1.165) is 16.8 Å². The van der Waals surface area contributed by atoms with E-state index < -0.39 is 0 Å². The second-order valence-electron chi connectivity index (χ2n) is 6.59. The normalized spacial score (nSPS) is 10.4. The second-order valence-corrected chi connectivity index (χ2v) is 6.99. The molecule has 3 aromatic rings. The minimum atomic E-state index is -0.286. The first-order valence-corrected chi connectivity index (χ1v) is 9.13. The SMILES string of the molecule is CC(=O)c1cccc(Nc2ccc(C(=O)Nc3c(C)cc(C)cc3Cl)cn2)c1. The number of amides is 1. The predicted octanol–water partition coefficient (Wildman–Crippen LogP) is 5.55. The monoisotopic (exact) mass is 393 g/mol. The number of benzene rings is 2. The lowest BCUT2D eigenvalue weighted by atomic mass is 10.1. The highest BCUT2D eigenvalue weighted by atomic mass is 35.5. The molecule has 0 atom stereocenters. The molecule has 0 saturated carbocycles. The summed E-state index contributed by atoms with van der Waals surface area (Å²) in [5.74, 6) is 0.280. The molecular weight excluding hydrogens is 374 g/mol. The highest BCUT2D eigenvalue weighted by molar-refractivity contribution is 6.34. The minimum Gasteiger partial charge on any atom is -0.340 e. The molecule has 2 N–H and O–H groups in total. The fraction of sp³-hybridized carbons (Fsp3) is 0.136. The van der Waals surface area contributed by atoms with Crippen LogP contribution in [0.15, 0.2) is 54.7 Å². The number of carbonyl (C=O) groups is 2. The largest absolute Gasteiger partial charge is 0.340 e. The van der Waals surface area contributed by atoms with Gasteiger partial charge in [0.1, 0.15) is 5.82 Å². The Morgan fingerprint density at radius 2 is 1.79 bits per heavy atom. The molecule has 0 bridgehead atoms. The van der Waals surface area contributed by atoms with Gasteiger partial charge in [0.25, 0.3) is 5.91 Å². The average molecular weight is 394 g/mol. The first-order chi connectivity index (χ1) is 13.3. The number of aromatic nitrogens is 1. The molecule has 0 aliphatic rings. The van der Waals surface area contributed by atoms with Crippen LogP contribution in [-0.4, -0.2) is 16.7 Å². The van der Waals surface area contributed by atoms with Crippen LogP contribution in [0.3, 0.4) is 0 Å². The van der Waals surface area contributed by atoms with Crippen LogP contribution in [0.2, 0.25) is 5.02 Å². The van der Waals surface area contributed by atoms with Gasteiger partial charge in [-0.05, 0) is 62.2 Å². The van der Waals surface area contributed by atoms with Crippen molar-refractivity contribution in [2.75, 3.05) is 10.6 Å². The Hall–Kier alpha value is -3.18. The van der Waals surface area contributed by atoms with Gasteiger partial charge in [-0.25, -0.2) is 4.98 Å². The number of aryl methyl sites for hydroxylation is 2. The number of anilines is 3. The number of halogens is 1. The maximum atomic E-state index is 12.5. The molecule has 0 spiro atoms. The van der Waals surface area contributed by atoms with E-state index in [0.29, 0.717) is 27.7 Å². The van der Waals surface area contributed by atoms with Crippen LogP contribution in [0, 0.1) is 13.8 Å². The highest BCUT2D eigenvalue weighted by Gasteiger charge is 2.12. The lowest BCUT2D eigenvalue weighted by Gasteiger charge is -2.12. The molecule has 0 unspecified atom stereocenters. The summed E-state index contributed by atoms with van der Waals surface area (Å²) in [5, 5.41) is 6.47. The van der Waals surface area contributed by atoms with Crippen LogP contribution in [0.25, 0.3) is 0 Å². The third kappa shape index (κ3) is 4.56. The lowest BCUT2D eigenvalue weighted by Crippen LogP contribution is -2.13. The Labute approximate surface area is 168 Å². The van der Waals surface area contributed by atoms with Gasteiger partial charge in [0.15, 0.2) is 5.78 Å². The number of rotatable bonds is 5. The van der Waals surface area contributed by atoms with Gasteiger partial charge in [0.05, 0.1) is 16.3 Å². The fourth-order valence-electron chi connectivity index (χ4n) is 2.83. The van der Waals surface area contributed by atoms with E-state index >= 15 is 0 Å². The van der Waals surface area contributed by atoms with Gasteiger partial charge in [0.2, 0.25) is 0 Å². The third-order valence-corrected chi connectivity index (χ3v) is 4.54. The topological polar surface area (TPSA) is 71.1 Å². The molecule has 1 heterocycles. The van der Waals surface area contributed by atoms with Crippen LogP contribution in [0.5, 0.6) is 0 Å². The molecule has 1 amide bonds. The maximum absolute atomic E-state index is 12.5. The predicted molar refractivity (Wildman–Crippen MR) is 113 cm³/mol. The van der Waals surface area contributed by atoms with E-state index in [4.69, 9.17) is 11.6 Å². The van der Waals surface area contributed by atoms with E-state index in [9.17, 15) is 9.59 Å². The van der Waals surface area contributed by atoms with E-state index in [1.165, 1.54) is 13.1 Å². The Kier molecular flexibility index (Phi) is 5.76. The molecule has 5 nitrogen and oxygen atoms in total. The lowest BCUT2D eigenvalue weighted by molar-refractivity contribution is 0.101. The smallest absolute Gasteiger partial charge is 0.257 e. The number of ketones is 1. The summed E-state index contributed by atoms with van der Waals surface area (Å²) in [5.41, 5.74) is 4.31. The molecule has 0 fully saturated rings. The van der Waals surface area contributed by atoms with Crippen molar-refractivity contribution >= 4 is 40.5 Å². The summed E-state index contributed by atoms with van der Waals surface area (Å²) in [6.45, 7) is 5.37. The molecule has 28 heavy (non-hydrogen) atoms. The Bertz CT molecular complexity index is 1020. The molecule has 3 rings (SSSR count). The van der Waals surface area contributed by atoms with Gasteiger partial charge in [-0.2, -0.15) is 0 Å². The minimum absolute atomic E-state index is 0.00584. The first-order valence-electron chi connectivity index (χ1n) is 8.75. The van der Waals surface area contributed by atoms with Gasteiger partial charge in [-0.1, -0.05) is 29.8 Å². The van der Waals surface area contributed by atoms with Crippen molar-refractivity contribution in [2.24, 2.45) is 0 Å². The van der Waals surface area contributed by atoms with Crippen LogP contribution < -0.4 is 10.6 Å². The summed E-state index contributed by atoms with van der Waals surface area (Å²) in [4.78, 5) is 28.3. The quantitative estimate of drug-likeness (QED) is 0.557. The standard InChI is InChI=1S/C22H20ClN3O2/c1-13-9-14(2)21(19(23)10-13)26-22(28)17-7-8-20(24-12-17)25-18-6-4-5-16(11-18)15(3)27/h4-12H,1-3H3,(H,24,25)(H,26,28). The van der Waals surface area contributed by atoms with Crippen LogP contribution in [-0.2, 0) is 0 Å². The van der Waals surface area contributed by atoms with Crippen LogP contribution in [0.1, 0.15) is 38.8 Å². The number of hydrogen-bond donors (Lipinski definition) is 2. The molecule has 1 aromatic heterocycles. The van der Waals surface area contributed by atoms with Crippen LogP contribution in [0.4, 0.5) is 17.2 Å². The third-order valence-electron chi connectivity index (χ3n) is 4.24. The fourth-order valence-corrected chi connectivity index (χ4v) is 3.19. The molecule has 0 aliphatic carbocycles. The number of nitrogens with one attached hydrogen (secondary N) is 2. The summed E-state index contributed by atoms with van der Waals surface area (Å²) >= 11 is 6.25. The van der Waals surface area contributed by atoms with Crippen molar-refractivity contribution in [2.45, 2.75) is 20.8 Å². The number of Topliss-reactive ketones (excluding diaryl/α,β-unsaturated/α-hetero) is 1. The molecule has 0 aliphatic heterocycles. The van der Waals surface area contributed by atoms with E-state index in [-0.39, 0.29) is 11.7 Å². The van der Waals surface area contributed by atoms with E-state index in [2.05, 4.69) is 15.6 Å². The highest BCUT2D eigenvalue weighted by Crippen LogP contribution is 2.28. The Morgan fingerprint density at radius 1 is 1.00 bits per heavy atom. The van der Waals surface area contributed by atoms with Gasteiger partial charge in [-0.3, -0.25) is 9.59 Å². The molecule has 0 saturated heterocycles. The van der Waals surface area contributed by atoms with E-state index in [1.54, 1.807) is 30.3 Å². The summed E-state index contributed by atoms with van der Waals surface area (Å²) < 4.78 is 0. The van der Waals surface area contributed by atoms with Gasteiger partial charge >= 0.3 is 0 Å². The maximum Gasteiger partial charge on any atom is 0.257 e. The van der Waals surface area contributed by atoms with Crippen molar-refractivity contribution in [3.63, 3.8) is 0 Å². The molecule has 142 valence electrons. The second kappa shape index (κ2) is 8.23. The zero-order valence-corrected chi connectivity index (χ0v) is 16.6. The summed E-state index contributed by atoms with van der Waals surface area (Å²) in [6.07, 6.45) is 1.49. The molecule has 0 radical (unpaired) electrons. The zero-order valence-electron chi connectivity index (χ0n) is 15.8. The summed E-state index contributed by atoms with van der Waals surface area (Å²) in [7, 11) is 0. The first kappa shape index (κ1) is 19.6. The van der Waals surface area contributed by atoms with E-state index in [1.807, 2.05) is 32.0 Å². The van der Waals surface area contributed by atoms with Gasteiger partial charge < -0.3 is 10.6 Å². The number of carbonyl (C=O) groups excluding carboxylic acids is 2. The zero-order chi connectivity index (χ0) is 20.3. The van der Waals surface area contributed by atoms with Crippen molar-refractivity contribution in [1.82, 2.24) is 4.98 Å².